The Labute approximate surface area is 193 Å². The number of carbonyl (C=O) groups is 2. The number of thiocarbonyl (C=S) groups is 1. The number of benzene rings is 2. The number of ether oxygens (including phenoxy) is 2. The van der Waals surface area contributed by atoms with E-state index in [-0.39, 0.29) is 12.5 Å². The van der Waals surface area contributed by atoms with E-state index >= 15 is 0 Å². The summed E-state index contributed by atoms with van der Waals surface area (Å²) in [5.41, 5.74) is 4.06. The van der Waals surface area contributed by atoms with Gasteiger partial charge in [0.1, 0.15) is 6.61 Å². The highest BCUT2D eigenvalue weighted by Gasteiger charge is 2.33. The van der Waals surface area contributed by atoms with Gasteiger partial charge in [0.05, 0.1) is 18.2 Å². The number of hydrogen-bond acceptors (Lipinski definition) is 5. The molecule has 8 heteroatoms. The van der Waals surface area contributed by atoms with Gasteiger partial charge < -0.3 is 25.0 Å². The van der Waals surface area contributed by atoms with E-state index in [1.54, 1.807) is 31.2 Å². The molecule has 32 heavy (non-hydrogen) atoms. The molecule has 1 atom stereocenters. The lowest BCUT2D eigenvalue weighted by Gasteiger charge is -2.35. The molecule has 0 bridgehead atoms. The van der Waals surface area contributed by atoms with Crippen LogP contribution in [0.2, 0.25) is 0 Å². The molecule has 0 saturated heterocycles. The SMILES string of the molecule is COCCOC(=O)C1=C(C)N(C)C(=S)NC1c1cccc(NC(=O)c2ccccc2C)c1. The Morgan fingerprint density at radius 2 is 1.88 bits per heavy atom. The van der Waals surface area contributed by atoms with Gasteiger partial charge in [-0.15, -0.1) is 0 Å². The average molecular weight is 454 g/mol. The van der Waals surface area contributed by atoms with Crippen molar-refractivity contribution >= 4 is 34.9 Å². The summed E-state index contributed by atoms with van der Waals surface area (Å²) in [6.45, 7) is 4.19. The molecule has 168 valence electrons. The van der Waals surface area contributed by atoms with Gasteiger partial charge in [-0.25, -0.2) is 4.79 Å². The Bertz CT molecular complexity index is 1070. The van der Waals surface area contributed by atoms with Crippen molar-refractivity contribution in [1.82, 2.24) is 10.2 Å². The minimum absolute atomic E-state index is 0.152. The van der Waals surface area contributed by atoms with Crippen molar-refractivity contribution < 1.29 is 19.1 Å². The van der Waals surface area contributed by atoms with E-state index in [0.29, 0.717) is 34.2 Å². The Morgan fingerprint density at radius 1 is 1.12 bits per heavy atom. The minimum Gasteiger partial charge on any atom is -0.460 e. The molecule has 2 N–H and O–H groups in total. The molecule has 0 spiro atoms. The number of hydrogen-bond donors (Lipinski definition) is 2. The first-order valence-corrected chi connectivity index (χ1v) is 10.6. The number of nitrogens with zero attached hydrogens (tertiary/aromatic N) is 1. The van der Waals surface area contributed by atoms with Gasteiger partial charge in [0.25, 0.3) is 5.91 Å². The van der Waals surface area contributed by atoms with Crippen LogP contribution in [0.15, 0.2) is 59.8 Å². The van der Waals surface area contributed by atoms with Gasteiger partial charge in [-0.2, -0.15) is 0 Å². The van der Waals surface area contributed by atoms with Gasteiger partial charge >= 0.3 is 5.97 Å². The number of esters is 1. The largest absolute Gasteiger partial charge is 0.460 e. The molecule has 1 unspecified atom stereocenters. The van der Waals surface area contributed by atoms with E-state index in [1.807, 2.05) is 50.2 Å². The van der Waals surface area contributed by atoms with Crippen LogP contribution in [0.1, 0.15) is 34.5 Å². The van der Waals surface area contributed by atoms with E-state index in [4.69, 9.17) is 21.7 Å². The first-order valence-electron chi connectivity index (χ1n) is 10.2. The molecule has 1 aliphatic heterocycles. The minimum atomic E-state index is -0.510. The number of methoxy groups -OCH3 is 1. The number of rotatable bonds is 7. The lowest BCUT2D eigenvalue weighted by Crippen LogP contribution is -2.46. The molecule has 3 rings (SSSR count). The van der Waals surface area contributed by atoms with Crippen molar-refractivity contribution in [2.75, 3.05) is 32.7 Å². The van der Waals surface area contributed by atoms with Gasteiger partial charge in [0.2, 0.25) is 0 Å². The molecular formula is C24H27N3O4S. The number of nitrogens with one attached hydrogen (secondary N) is 2. The van der Waals surface area contributed by atoms with Crippen molar-refractivity contribution in [2.24, 2.45) is 0 Å². The van der Waals surface area contributed by atoms with Crippen LogP contribution >= 0.6 is 12.2 Å². The smallest absolute Gasteiger partial charge is 0.338 e. The molecule has 0 radical (unpaired) electrons. The summed E-state index contributed by atoms with van der Waals surface area (Å²) >= 11 is 5.45. The molecule has 1 heterocycles. The Kier molecular flexibility index (Phi) is 7.61. The van der Waals surface area contributed by atoms with Gasteiger partial charge in [0, 0.05) is 31.1 Å². The highest BCUT2D eigenvalue weighted by Crippen LogP contribution is 2.32. The number of aryl methyl sites for hydroxylation is 1. The lowest BCUT2D eigenvalue weighted by molar-refractivity contribution is -0.140. The third kappa shape index (κ3) is 5.15. The van der Waals surface area contributed by atoms with Crippen molar-refractivity contribution in [3.05, 3.63) is 76.5 Å². The average Bonchev–Trinajstić information content (AvgIpc) is 2.77. The van der Waals surface area contributed by atoms with Gasteiger partial charge in [-0.05, 0) is 55.4 Å². The predicted molar refractivity (Wildman–Crippen MR) is 127 cm³/mol. The molecule has 2 aromatic carbocycles. The molecule has 2 aromatic rings. The summed E-state index contributed by atoms with van der Waals surface area (Å²) < 4.78 is 10.4. The third-order valence-corrected chi connectivity index (χ3v) is 5.75. The van der Waals surface area contributed by atoms with Crippen molar-refractivity contribution in [2.45, 2.75) is 19.9 Å². The van der Waals surface area contributed by atoms with Gasteiger partial charge in [-0.1, -0.05) is 30.3 Å². The van der Waals surface area contributed by atoms with E-state index in [1.165, 1.54) is 0 Å². The van der Waals surface area contributed by atoms with Crippen LogP contribution in [0.3, 0.4) is 0 Å². The fourth-order valence-corrected chi connectivity index (χ4v) is 3.72. The molecule has 0 saturated carbocycles. The topological polar surface area (TPSA) is 79.9 Å². The van der Waals surface area contributed by atoms with E-state index < -0.39 is 12.0 Å². The number of allylic oxidation sites excluding steroid dienone is 1. The summed E-state index contributed by atoms with van der Waals surface area (Å²) in [5, 5.41) is 6.64. The second-order valence-corrected chi connectivity index (χ2v) is 7.85. The van der Waals surface area contributed by atoms with Crippen molar-refractivity contribution in [3.8, 4) is 0 Å². The molecule has 0 fully saturated rings. The quantitative estimate of drug-likeness (QED) is 0.377. The van der Waals surface area contributed by atoms with Crippen LogP contribution in [-0.2, 0) is 14.3 Å². The number of amides is 1. The second kappa shape index (κ2) is 10.4. The molecule has 7 nitrogen and oxygen atoms in total. The summed E-state index contributed by atoms with van der Waals surface area (Å²) in [7, 11) is 3.34. The molecule has 0 aromatic heterocycles. The first kappa shape index (κ1) is 23.4. The zero-order valence-electron chi connectivity index (χ0n) is 18.6. The van der Waals surface area contributed by atoms with Crippen LogP contribution in [0.5, 0.6) is 0 Å². The maximum Gasteiger partial charge on any atom is 0.338 e. The Balaban J connectivity index is 1.89. The maximum absolute atomic E-state index is 12.9. The number of anilines is 1. The Morgan fingerprint density at radius 3 is 2.59 bits per heavy atom. The highest BCUT2D eigenvalue weighted by atomic mass is 32.1. The summed E-state index contributed by atoms with van der Waals surface area (Å²) in [4.78, 5) is 27.4. The highest BCUT2D eigenvalue weighted by molar-refractivity contribution is 7.80. The molecular weight excluding hydrogens is 426 g/mol. The molecule has 1 amide bonds. The maximum atomic E-state index is 12.9. The predicted octanol–water partition coefficient (Wildman–Crippen LogP) is 3.57. The fraction of sp³-hybridized carbons (Fsp3) is 0.292. The first-order chi connectivity index (χ1) is 15.3. The van der Waals surface area contributed by atoms with E-state index in [9.17, 15) is 9.59 Å². The zero-order valence-corrected chi connectivity index (χ0v) is 19.4. The molecule has 0 aliphatic carbocycles. The Hall–Kier alpha value is -3.23. The van der Waals surface area contributed by atoms with Crippen LogP contribution < -0.4 is 10.6 Å². The zero-order chi connectivity index (χ0) is 23.3. The summed E-state index contributed by atoms with van der Waals surface area (Å²) in [6, 6.07) is 14.2. The lowest BCUT2D eigenvalue weighted by atomic mass is 9.94. The molecule has 1 aliphatic rings. The van der Waals surface area contributed by atoms with E-state index in [0.717, 1.165) is 11.1 Å². The summed E-state index contributed by atoms with van der Waals surface area (Å²) in [5.74, 6) is -0.640. The summed E-state index contributed by atoms with van der Waals surface area (Å²) in [6.07, 6.45) is 0. The fourth-order valence-electron chi connectivity index (χ4n) is 3.47. The third-order valence-electron chi connectivity index (χ3n) is 5.36. The number of carbonyl (C=O) groups excluding carboxylic acids is 2. The van der Waals surface area contributed by atoms with Crippen LogP contribution in [0, 0.1) is 6.92 Å². The van der Waals surface area contributed by atoms with Crippen LogP contribution in [0.25, 0.3) is 0 Å². The second-order valence-electron chi connectivity index (χ2n) is 7.46. The monoisotopic (exact) mass is 453 g/mol. The van der Waals surface area contributed by atoms with Gasteiger partial charge in [-0.3, -0.25) is 4.79 Å². The van der Waals surface area contributed by atoms with Crippen molar-refractivity contribution in [3.63, 3.8) is 0 Å². The normalized spacial score (nSPS) is 15.9. The van der Waals surface area contributed by atoms with Crippen LogP contribution in [0.4, 0.5) is 5.69 Å². The van der Waals surface area contributed by atoms with E-state index in [2.05, 4.69) is 10.6 Å². The van der Waals surface area contributed by atoms with Gasteiger partial charge in [0.15, 0.2) is 5.11 Å². The van der Waals surface area contributed by atoms with Crippen LogP contribution in [-0.4, -0.2) is 49.3 Å². The van der Waals surface area contributed by atoms with Crippen molar-refractivity contribution in [1.29, 1.82) is 0 Å². The standard InChI is InChI=1S/C24H27N3O4S/c1-15-8-5-6-11-19(15)22(28)25-18-10-7-9-17(14-18)21-20(23(29)31-13-12-30-4)16(2)27(3)24(32)26-21/h5-11,14,21H,12-13H2,1-4H3,(H,25,28)(H,26,32).